The van der Waals surface area contributed by atoms with Gasteiger partial charge in [0.2, 0.25) is 6.41 Å². The van der Waals surface area contributed by atoms with Crippen molar-refractivity contribution in [3.05, 3.63) is 33.1 Å². The third kappa shape index (κ3) is 2.43. The van der Waals surface area contributed by atoms with E-state index in [2.05, 4.69) is 5.32 Å². The minimum atomic E-state index is -1.17. The van der Waals surface area contributed by atoms with E-state index in [4.69, 9.17) is 9.84 Å². The summed E-state index contributed by atoms with van der Waals surface area (Å²) in [5, 5.41) is 21.2. The average Bonchev–Trinajstić information content (AvgIpc) is 2.68. The van der Waals surface area contributed by atoms with Crippen LogP contribution in [-0.4, -0.2) is 51.0 Å². The van der Waals surface area contributed by atoms with Gasteiger partial charge in [-0.25, -0.2) is 4.79 Å². The number of nitrogens with one attached hydrogen (secondary N) is 2. The van der Waals surface area contributed by atoms with Gasteiger partial charge in [-0.05, 0) is 0 Å². The number of H-pyrrole nitrogens is 1. The third-order valence-electron chi connectivity index (χ3n) is 2.94. The standard InChI is InChI=1S/C10H13N3O6/c14-3-5-8(17)7(11-4-15)9(19-5)13-2-1-6(16)12-10(13)18/h1-2,4-5,7-9,14,17H,3H2,(H,11,15)(H,12,16,18)/t5-,7?,8?,9-/m1/s1. The van der Waals surface area contributed by atoms with Crippen molar-refractivity contribution in [1.82, 2.24) is 14.9 Å². The summed E-state index contributed by atoms with van der Waals surface area (Å²) in [6.07, 6.45) is -1.56. The van der Waals surface area contributed by atoms with E-state index < -0.39 is 42.3 Å². The molecule has 104 valence electrons. The van der Waals surface area contributed by atoms with Gasteiger partial charge in [0.25, 0.3) is 5.56 Å². The zero-order valence-corrected chi connectivity index (χ0v) is 9.72. The lowest BCUT2D eigenvalue weighted by molar-refractivity contribution is -0.111. The molecule has 2 heterocycles. The van der Waals surface area contributed by atoms with Gasteiger partial charge in [-0.3, -0.25) is 19.1 Å². The first kappa shape index (κ1) is 13.5. The zero-order valence-electron chi connectivity index (χ0n) is 9.72. The fraction of sp³-hybridized carbons (Fsp3) is 0.500. The van der Waals surface area contributed by atoms with Crippen LogP contribution >= 0.6 is 0 Å². The molecule has 1 saturated heterocycles. The van der Waals surface area contributed by atoms with Gasteiger partial charge in [-0.2, -0.15) is 0 Å². The molecule has 9 nitrogen and oxygen atoms in total. The number of ether oxygens (including phenoxy) is 1. The van der Waals surface area contributed by atoms with Gasteiger partial charge in [-0.1, -0.05) is 0 Å². The van der Waals surface area contributed by atoms with Crippen molar-refractivity contribution in [2.24, 2.45) is 0 Å². The molecule has 4 N–H and O–H groups in total. The molecule has 0 aliphatic carbocycles. The highest BCUT2D eigenvalue weighted by Gasteiger charge is 2.44. The molecule has 1 aromatic rings. The Morgan fingerprint density at radius 1 is 1.53 bits per heavy atom. The Bertz CT molecular complexity index is 567. The second-order valence-corrected chi connectivity index (χ2v) is 4.07. The van der Waals surface area contributed by atoms with Crippen LogP contribution in [0.5, 0.6) is 0 Å². The molecule has 19 heavy (non-hydrogen) atoms. The van der Waals surface area contributed by atoms with Gasteiger partial charge in [0.15, 0.2) is 6.23 Å². The lowest BCUT2D eigenvalue weighted by Gasteiger charge is -2.20. The SMILES string of the molecule is O=CNC1C(O)[C@@H](CO)O[C@H]1n1ccc(=O)[nH]c1=O. The van der Waals surface area contributed by atoms with Gasteiger partial charge in [0.05, 0.1) is 6.61 Å². The highest BCUT2D eigenvalue weighted by atomic mass is 16.5. The largest absolute Gasteiger partial charge is 0.394 e. The number of hydrogen-bond acceptors (Lipinski definition) is 6. The Morgan fingerprint density at radius 2 is 2.26 bits per heavy atom. The number of carbonyl (C=O) groups excluding carboxylic acids is 1. The van der Waals surface area contributed by atoms with Crippen LogP contribution in [0.15, 0.2) is 21.9 Å². The molecule has 0 saturated carbocycles. The number of nitrogens with zero attached hydrogens (tertiary/aromatic N) is 1. The van der Waals surface area contributed by atoms with E-state index in [9.17, 15) is 19.5 Å². The van der Waals surface area contributed by atoms with Crippen molar-refractivity contribution < 1.29 is 19.7 Å². The smallest absolute Gasteiger partial charge is 0.330 e. The normalized spacial score (nSPS) is 30.2. The number of amides is 1. The fourth-order valence-corrected chi connectivity index (χ4v) is 2.02. The number of aliphatic hydroxyl groups is 2. The van der Waals surface area contributed by atoms with E-state index in [-0.39, 0.29) is 0 Å². The number of aromatic nitrogens is 2. The number of carbonyl (C=O) groups is 1. The van der Waals surface area contributed by atoms with Crippen molar-refractivity contribution in [2.75, 3.05) is 6.61 Å². The summed E-state index contributed by atoms with van der Waals surface area (Å²) in [6.45, 7) is -0.465. The molecule has 1 aromatic heterocycles. The van der Waals surface area contributed by atoms with E-state index in [1.54, 1.807) is 0 Å². The lowest BCUT2D eigenvalue weighted by atomic mass is 10.1. The molecule has 1 aliphatic rings. The maximum absolute atomic E-state index is 11.6. The molecule has 0 radical (unpaired) electrons. The first-order chi connectivity index (χ1) is 9.08. The predicted molar refractivity (Wildman–Crippen MR) is 61.3 cm³/mol. The van der Waals surface area contributed by atoms with E-state index in [1.807, 2.05) is 4.98 Å². The Hall–Kier alpha value is -1.97. The van der Waals surface area contributed by atoms with Crippen molar-refractivity contribution in [2.45, 2.75) is 24.5 Å². The Labute approximate surface area is 106 Å². The molecule has 0 spiro atoms. The topological polar surface area (TPSA) is 134 Å². The van der Waals surface area contributed by atoms with Crippen molar-refractivity contribution in [1.29, 1.82) is 0 Å². The second-order valence-electron chi connectivity index (χ2n) is 4.07. The summed E-state index contributed by atoms with van der Waals surface area (Å²) in [6, 6.07) is 0.208. The molecule has 0 bridgehead atoms. The van der Waals surface area contributed by atoms with E-state index >= 15 is 0 Å². The Morgan fingerprint density at radius 3 is 2.84 bits per heavy atom. The number of aliphatic hydroxyl groups excluding tert-OH is 2. The van der Waals surface area contributed by atoms with Gasteiger partial charge >= 0.3 is 5.69 Å². The summed E-state index contributed by atoms with van der Waals surface area (Å²) in [4.78, 5) is 35.2. The number of aromatic amines is 1. The van der Waals surface area contributed by atoms with Crippen LogP contribution in [0.3, 0.4) is 0 Å². The minimum absolute atomic E-state index is 0.362. The van der Waals surface area contributed by atoms with Gasteiger partial charge in [0, 0.05) is 12.3 Å². The molecular formula is C10H13N3O6. The molecule has 4 atom stereocenters. The monoisotopic (exact) mass is 271 g/mol. The summed E-state index contributed by atoms with van der Waals surface area (Å²) in [7, 11) is 0. The molecular weight excluding hydrogens is 258 g/mol. The quantitative estimate of drug-likeness (QED) is 0.429. The highest BCUT2D eigenvalue weighted by molar-refractivity contribution is 5.47. The van der Waals surface area contributed by atoms with Crippen molar-refractivity contribution in [3.63, 3.8) is 0 Å². The van der Waals surface area contributed by atoms with Crippen LogP contribution in [0.4, 0.5) is 0 Å². The maximum atomic E-state index is 11.6. The minimum Gasteiger partial charge on any atom is -0.394 e. The van der Waals surface area contributed by atoms with E-state index in [0.29, 0.717) is 6.41 Å². The molecule has 2 rings (SSSR count). The first-order valence-electron chi connectivity index (χ1n) is 5.54. The number of rotatable bonds is 4. The summed E-state index contributed by atoms with van der Waals surface area (Å²) >= 11 is 0. The molecule has 1 aliphatic heterocycles. The Kier molecular flexibility index (Phi) is 3.79. The van der Waals surface area contributed by atoms with Crippen LogP contribution in [0, 0.1) is 0 Å². The highest BCUT2D eigenvalue weighted by Crippen LogP contribution is 2.27. The van der Waals surface area contributed by atoms with Crippen molar-refractivity contribution in [3.8, 4) is 0 Å². The molecule has 1 fully saturated rings. The van der Waals surface area contributed by atoms with Crippen LogP contribution in [-0.2, 0) is 9.53 Å². The van der Waals surface area contributed by atoms with Crippen LogP contribution in [0.2, 0.25) is 0 Å². The molecule has 9 heteroatoms. The fourth-order valence-electron chi connectivity index (χ4n) is 2.02. The van der Waals surface area contributed by atoms with Crippen molar-refractivity contribution >= 4 is 6.41 Å². The van der Waals surface area contributed by atoms with Gasteiger partial charge in [0.1, 0.15) is 18.2 Å². The average molecular weight is 271 g/mol. The maximum Gasteiger partial charge on any atom is 0.330 e. The number of hydrogen-bond donors (Lipinski definition) is 4. The van der Waals surface area contributed by atoms with Crippen LogP contribution in [0.1, 0.15) is 6.23 Å². The van der Waals surface area contributed by atoms with E-state index in [0.717, 1.165) is 10.6 Å². The van der Waals surface area contributed by atoms with Crippen LogP contribution in [0.25, 0.3) is 0 Å². The third-order valence-corrected chi connectivity index (χ3v) is 2.94. The van der Waals surface area contributed by atoms with Gasteiger partial charge in [-0.15, -0.1) is 0 Å². The molecule has 0 aromatic carbocycles. The molecule has 1 amide bonds. The molecule has 2 unspecified atom stereocenters. The summed E-state index contributed by atoms with van der Waals surface area (Å²) < 4.78 is 6.34. The second kappa shape index (κ2) is 5.34. The van der Waals surface area contributed by atoms with E-state index in [1.165, 1.54) is 6.20 Å². The van der Waals surface area contributed by atoms with Gasteiger partial charge < -0.3 is 20.3 Å². The summed E-state index contributed by atoms with van der Waals surface area (Å²) in [5.74, 6) is 0. The lowest BCUT2D eigenvalue weighted by Crippen LogP contribution is -2.45. The predicted octanol–water partition coefficient (Wildman–Crippen LogP) is -3.10. The van der Waals surface area contributed by atoms with Crippen LogP contribution < -0.4 is 16.6 Å². The zero-order chi connectivity index (χ0) is 14.0. The summed E-state index contributed by atoms with van der Waals surface area (Å²) in [5.41, 5.74) is -1.31. The Balaban J connectivity index is 2.38. The first-order valence-corrected chi connectivity index (χ1v) is 5.54.